The number of carbonyl (C=O) groups is 2. The van der Waals surface area contributed by atoms with Crippen molar-refractivity contribution in [2.75, 3.05) is 14.2 Å². The molecule has 0 aliphatic heterocycles. The Kier molecular flexibility index (Phi) is 4.59. The number of allylic oxidation sites excluding steroid dienone is 1. The summed E-state index contributed by atoms with van der Waals surface area (Å²) < 4.78 is 23.0. The maximum absolute atomic E-state index is 13.1. The van der Waals surface area contributed by atoms with Crippen molar-refractivity contribution in [1.82, 2.24) is 0 Å². The van der Waals surface area contributed by atoms with E-state index in [0.29, 0.717) is 6.42 Å². The first kappa shape index (κ1) is 17.2. The summed E-state index contributed by atoms with van der Waals surface area (Å²) in [7, 11) is 2.50. The lowest BCUT2D eigenvalue weighted by atomic mass is 9.66. The number of rotatable bonds is 4. The molecule has 0 unspecified atom stereocenters. The Morgan fingerprint density at radius 2 is 1.70 bits per heavy atom. The van der Waals surface area contributed by atoms with Crippen LogP contribution in [0.15, 0.2) is 36.9 Å². The highest BCUT2D eigenvalue weighted by atomic mass is 19.1. The Morgan fingerprint density at radius 1 is 1.17 bits per heavy atom. The molecule has 0 amide bonds. The number of hydrogen-bond acceptors (Lipinski definition) is 4. The SMILES string of the molecule is C=C[C@]1(C)C[C@H](c2ccc(F)cc2)CC1(C(=O)OC)C(=O)OC. The van der Waals surface area contributed by atoms with Crippen LogP contribution in [0, 0.1) is 16.6 Å². The molecule has 1 aromatic carbocycles. The largest absolute Gasteiger partial charge is 0.468 e. The molecular weight excluding hydrogens is 299 g/mol. The van der Waals surface area contributed by atoms with Crippen LogP contribution in [-0.4, -0.2) is 26.2 Å². The summed E-state index contributed by atoms with van der Waals surface area (Å²) in [6.45, 7) is 5.61. The predicted molar refractivity (Wildman–Crippen MR) is 83.1 cm³/mol. The average Bonchev–Trinajstić information content (AvgIpc) is 2.89. The van der Waals surface area contributed by atoms with Gasteiger partial charge in [0.15, 0.2) is 5.41 Å². The second-order valence-electron chi connectivity index (χ2n) is 6.17. The molecule has 2 rings (SSSR count). The van der Waals surface area contributed by atoms with Gasteiger partial charge < -0.3 is 9.47 Å². The van der Waals surface area contributed by atoms with Crippen LogP contribution in [0.25, 0.3) is 0 Å². The van der Waals surface area contributed by atoms with Crippen LogP contribution >= 0.6 is 0 Å². The summed E-state index contributed by atoms with van der Waals surface area (Å²) in [6.07, 6.45) is 2.37. The maximum atomic E-state index is 13.1. The number of ether oxygens (including phenoxy) is 2. The maximum Gasteiger partial charge on any atom is 0.324 e. The molecule has 1 aliphatic carbocycles. The van der Waals surface area contributed by atoms with Crippen LogP contribution in [0.1, 0.15) is 31.2 Å². The molecule has 0 bridgehead atoms. The Hall–Kier alpha value is -2.17. The highest BCUT2D eigenvalue weighted by Crippen LogP contribution is 2.60. The molecule has 4 nitrogen and oxygen atoms in total. The van der Waals surface area contributed by atoms with Gasteiger partial charge in [0, 0.05) is 5.41 Å². The average molecular weight is 320 g/mol. The van der Waals surface area contributed by atoms with Crippen molar-refractivity contribution in [1.29, 1.82) is 0 Å². The summed E-state index contributed by atoms with van der Waals surface area (Å²) in [6, 6.07) is 6.09. The van der Waals surface area contributed by atoms with E-state index in [1.54, 1.807) is 25.1 Å². The Bertz CT molecular complexity index is 606. The Morgan fingerprint density at radius 3 is 2.13 bits per heavy atom. The van der Waals surface area contributed by atoms with Gasteiger partial charge in [-0.15, -0.1) is 6.58 Å². The predicted octanol–water partition coefficient (Wildman–Crippen LogP) is 3.23. The topological polar surface area (TPSA) is 52.6 Å². The third kappa shape index (κ3) is 2.54. The van der Waals surface area contributed by atoms with Gasteiger partial charge in [0.2, 0.25) is 0 Å². The van der Waals surface area contributed by atoms with E-state index in [-0.39, 0.29) is 18.2 Å². The summed E-state index contributed by atoms with van der Waals surface area (Å²) in [4.78, 5) is 25.0. The fourth-order valence-electron chi connectivity index (χ4n) is 3.65. The normalized spacial score (nSPS) is 25.7. The molecule has 124 valence electrons. The zero-order valence-corrected chi connectivity index (χ0v) is 13.6. The summed E-state index contributed by atoms with van der Waals surface area (Å²) in [5.41, 5.74) is -1.39. The summed E-state index contributed by atoms with van der Waals surface area (Å²) >= 11 is 0. The van der Waals surface area contributed by atoms with E-state index in [9.17, 15) is 14.0 Å². The van der Waals surface area contributed by atoms with Gasteiger partial charge in [-0.05, 0) is 36.5 Å². The van der Waals surface area contributed by atoms with E-state index in [0.717, 1.165) is 5.56 Å². The number of methoxy groups -OCH3 is 2. The van der Waals surface area contributed by atoms with Crippen molar-refractivity contribution in [3.63, 3.8) is 0 Å². The standard InChI is InChI=1S/C18H21FO4/c1-5-17(2)10-13(12-6-8-14(19)9-7-12)11-18(17,15(20)22-3)16(21)23-4/h5-9,13H,1,10-11H2,2-4H3/t13-,17+/m0/s1. The quantitative estimate of drug-likeness (QED) is 0.485. The van der Waals surface area contributed by atoms with Crippen molar-refractivity contribution in [2.45, 2.75) is 25.7 Å². The van der Waals surface area contributed by atoms with Gasteiger partial charge in [0.05, 0.1) is 14.2 Å². The second-order valence-corrected chi connectivity index (χ2v) is 6.17. The van der Waals surface area contributed by atoms with Crippen molar-refractivity contribution in [3.8, 4) is 0 Å². The number of halogens is 1. The lowest BCUT2D eigenvalue weighted by molar-refractivity contribution is -0.175. The third-order valence-electron chi connectivity index (χ3n) is 5.06. The molecule has 0 radical (unpaired) electrons. The minimum atomic E-state index is -1.45. The molecule has 0 aromatic heterocycles. The van der Waals surface area contributed by atoms with E-state index >= 15 is 0 Å². The van der Waals surface area contributed by atoms with Crippen LogP contribution in [0.5, 0.6) is 0 Å². The zero-order valence-electron chi connectivity index (χ0n) is 13.6. The molecule has 0 saturated heterocycles. The molecule has 5 heteroatoms. The molecule has 23 heavy (non-hydrogen) atoms. The number of hydrogen-bond donors (Lipinski definition) is 0. The molecule has 1 aromatic rings. The minimum Gasteiger partial charge on any atom is -0.468 e. The molecule has 0 heterocycles. The summed E-state index contributed by atoms with van der Waals surface area (Å²) in [5.74, 6) is -1.69. The van der Waals surface area contributed by atoms with Gasteiger partial charge in [-0.2, -0.15) is 0 Å². The fraction of sp³-hybridized carbons (Fsp3) is 0.444. The first-order chi connectivity index (χ1) is 10.8. The van der Waals surface area contributed by atoms with Gasteiger partial charge in [-0.25, -0.2) is 4.39 Å². The zero-order chi connectivity index (χ0) is 17.3. The van der Waals surface area contributed by atoms with Crippen molar-refractivity contribution in [3.05, 3.63) is 48.3 Å². The molecule has 1 aliphatic rings. The van der Waals surface area contributed by atoms with Gasteiger partial charge in [-0.3, -0.25) is 9.59 Å². The van der Waals surface area contributed by atoms with Crippen molar-refractivity contribution >= 4 is 11.9 Å². The van der Waals surface area contributed by atoms with E-state index in [4.69, 9.17) is 9.47 Å². The van der Waals surface area contributed by atoms with E-state index < -0.39 is 22.8 Å². The molecule has 1 fully saturated rings. The van der Waals surface area contributed by atoms with E-state index in [2.05, 4.69) is 6.58 Å². The van der Waals surface area contributed by atoms with Crippen LogP contribution in [0.2, 0.25) is 0 Å². The van der Waals surface area contributed by atoms with Crippen LogP contribution in [0.4, 0.5) is 4.39 Å². The fourth-order valence-corrected chi connectivity index (χ4v) is 3.65. The van der Waals surface area contributed by atoms with Gasteiger partial charge in [0.1, 0.15) is 5.82 Å². The van der Waals surface area contributed by atoms with Crippen LogP contribution in [-0.2, 0) is 19.1 Å². The minimum absolute atomic E-state index is 0.100. The van der Waals surface area contributed by atoms with Crippen molar-refractivity contribution in [2.24, 2.45) is 10.8 Å². The Balaban J connectivity index is 2.52. The van der Waals surface area contributed by atoms with Crippen LogP contribution < -0.4 is 0 Å². The van der Waals surface area contributed by atoms with Crippen molar-refractivity contribution < 1.29 is 23.5 Å². The Labute approximate surface area is 135 Å². The smallest absolute Gasteiger partial charge is 0.324 e. The molecule has 2 atom stereocenters. The number of esters is 2. The van der Waals surface area contributed by atoms with E-state index in [1.165, 1.54) is 26.4 Å². The first-order valence-corrected chi connectivity index (χ1v) is 7.40. The molecule has 0 spiro atoms. The molecule has 1 saturated carbocycles. The highest BCUT2D eigenvalue weighted by molar-refractivity contribution is 6.02. The first-order valence-electron chi connectivity index (χ1n) is 7.40. The highest BCUT2D eigenvalue weighted by Gasteiger charge is 2.65. The third-order valence-corrected chi connectivity index (χ3v) is 5.06. The van der Waals surface area contributed by atoms with Gasteiger partial charge >= 0.3 is 11.9 Å². The lowest BCUT2D eigenvalue weighted by Gasteiger charge is -2.36. The molecular formula is C18H21FO4. The van der Waals surface area contributed by atoms with Gasteiger partial charge in [0.25, 0.3) is 0 Å². The molecule has 0 N–H and O–H groups in total. The monoisotopic (exact) mass is 320 g/mol. The van der Waals surface area contributed by atoms with Gasteiger partial charge in [-0.1, -0.05) is 25.1 Å². The number of benzene rings is 1. The van der Waals surface area contributed by atoms with E-state index in [1.807, 2.05) is 0 Å². The second kappa shape index (κ2) is 6.14. The summed E-state index contributed by atoms with van der Waals surface area (Å²) in [5, 5.41) is 0. The number of carbonyl (C=O) groups excluding carboxylic acids is 2. The van der Waals surface area contributed by atoms with Crippen LogP contribution in [0.3, 0.4) is 0 Å². The lowest BCUT2D eigenvalue weighted by Crippen LogP contribution is -2.49.